The van der Waals surface area contributed by atoms with Crippen LogP contribution in [0.3, 0.4) is 0 Å². The van der Waals surface area contributed by atoms with Crippen molar-refractivity contribution in [3.63, 3.8) is 0 Å². The summed E-state index contributed by atoms with van der Waals surface area (Å²) in [6, 6.07) is 4.41. The van der Waals surface area contributed by atoms with Crippen molar-refractivity contribution in [1.29, 1.82) is 0 Å². The zero-order valence-corrected chi connectivity index (χ0v) is 11.7. The van der Waals surface area contributed by atoms with Crippen molar-refractivity contribution in [3.05, 3.63) is 28.2 Å². The van der Waals surface area contributed by atoms with Crippen LogP contribution in [-0.2, 0) is 4.79 Å². The maximum absolute atomic E-state index is 11.9. The second-order valence-corrected chi connectivity index (χ2v) is 5.40. The highest BCUT2D eigenvalue weighted by Gasteiger charge is 2.26. The van der Waals surface area contributed by atoms with Gasteiger partial charge in [-0.05, 0) is 48.0 Å². The number of anilines is 1. The summed E-state index contributed by atoms with van der Waals surface area (Å²) in [5, 5.41) is 11.5. The fourth-order valence-corrected chi connectivity index (χ4v) is 1.61. The Morgan fingerprint density at radius 1 is 1.44 bits per heavy atom. The van der Waals surface area contributed by atoms with E-state index in [0.29, 0.717) is 10.2 Å². The highest BCUT2D eigenvalue weighted by Crippen LogP contribution is 2.25. The molecule has 0 atom stereocenters. The number of rotatable bonds is 4. The Bertz CT molecular complexity index is 486. The molecule has 0 saturated heterocycles. The molecule has 0 heterocycles. The summed E-state index contributed by atoms with van der Waals surface area (Å²) in [4.78, 5) is 22.7. The molecule has 0 aliphatic heterocycles. The van der Waals surface area contributed by atoms with Gasteiger partial charge in [-0.1, -0.05) is 0 Å². The van der Waals surface area contributed by atoms with Gasteiger partial charge < -0.3 is 16.2 Å². The van der Waals surface area contributed by atoms with Crippen LogP contribution in [0.25, 0.3) is 0 Å². The normalized spacial score (nSPS) is 11.1. The lowest BCUT2D eigenvalue weighted by molar-refractivity contribution is -0.123. The number of carbonyl (C=O) groups is 2. The number of nitrogens with one attached hydrogen (secondary N) is 1. The van der Waals surface area contributed by atoms with Gasteiger partial charge in [0.25, 0.3) is 0 Å². The number of hydrogen-bond donors (Lipinski definition) is 3. The van der Waals surface area contributed by atoms with Gasteiger partial charge in [0, 0.05) is 11.0 Å². The Hall–Kier alpha value is -1.40. The van der Waals surface area contributed by atoms with Gasteiger partial charge in [-0.3, -0.25) is 4.79 Å². The lowest BCUT2D eigenvalue weighted by Gasteiger charge is -2.21. The summed E-state index contributed by atoms with van der Waals surface area (Å²) in [5.41, 5.74) is 5.51. The molecule has 5 nitrogen and oxygen atoms in total. The van der Waals surface area contributed by atoms with E-state index in [1.165, 1.54) is 18.2 Å². The third-order valence-corrected chi connectivity index (χ3v) is 3.25. The molecule has 0 spiro atoms. The summed E-state index contributed by atoms with van der Waals surface area (Å²) in [5.74, 6) is -1.23. The molecule has 98 valence electrons. The van der Waals surface area contributed by atoms with E-state index in [1.54, 1.807) is 13.8 Å². The van der Waals surface area contributed by atoms with E-state index in [4.69, 9.17) is 10.8 Å². The summed E-state index contributed by atoms with van der Waals surface area (Å²) in [6.07, 6.45) is 0. The van der Waals surface area contributed by atoms with Crippen LogP contribution in [-0.4, -0.2) is 23.5 Å². The van der Waals surface area contributed by atoms with Gasteiger partial charge in [0.1, 0.15) is 0 Å². The van der Waals surface area contributed by atoms with Crippen LogP contribution in [0.4, 0.5) is 5.69 Å². The quantitative estimate of drug-likeness (QED) is 0.793. The first-order chi connectivity index (χ1) is 8.27. The smallest absolute Gasteiger partial charge is 0.335 e. The second-order valence-electron chi connectivity index (χ2n) is 4.54. The highest BCUT2D eigenvalue weighted by molar-refractivity contribution is 9.10. The third-order valence-electron chi connectivity index (χ3n) is 2.59. The average Bonchev–Trinajstić information content (AvgIpc) is 2.31. The first-order valence-corrected chi connectivity index (χ1v) is 6.11. The number of amides is 1. The summed E-state index contributed by atoms with van der Waals surface area (Å²) in [6.45, 7) is 3.70. The van der Waals surface area contributed by atoms with E-state index in [-0.39, 0.29) is 18.0 Å². The van der Waals surface area contributed by atoms with Gasteiger partial charge in [0.2, 0.25) is 5.91 Å². The molecule has 0 unspecified atom stereocenters. The molecule has 1 rings (SSSR count). The molecule has 0 aromatic heterocycles. The summed E-state index contributed by atoms with van der Waals surface area (Å²) < 4.78 is 0.517. The minimum atomic E-state index is -1.02. The molecule has 0 aliphatic rings. The van der Waals surface area contributed by atoms with Gasteiger partial charge >= 0.3 is 5.97 Å². The van der Waals surface area contributed by atoms with Crippen molar-refractivity contribution in [3.8, 4) is 0 Å². The van der Waals surface area contributed by atoms with Gasteiger partial charge in [-0.25, -0.2) is 4.79 Å². The fraction of sp³-hybridized carbons (Fsp3) is 0.333. The number of carboxylic acid groups (broad SMARTS) is 1. The topological polar surface area (TPSA) is 92.4 Å². The number of aromatic carboxylic acids is 1. The molecule has 0 aliphatic carbocycles. The molecular formula is C12H15BrN2O3. The van der Waals surface area contributed by atoms with E-state index < -0.39 is 11.4 Å². The fourth-order valence-electron chi connectivity index (χ4n) is 1.13. The number of hydrogen-bond acceptors (Lipinski definition) is 3. The lowest BCUT2D eigenvalue weighted by Crippen LogP contribution is -2.37. The number of benzene rings is 1. The zero-order chi connectivity index (χ0) is 13.9. The minimum absolute atomic E-state index is 0.151. The molecule has 1 amide bonds. The van der Waals surface area contributed by atoms with Crippen molar-refractivity contribution < 1.29 is 14.7 Å². The monoisotopic (exact) mass is 314 g/mol. The number of halogens is 1. The van der Waals surface area contributed by atoms with Crippen molar-refractivity contribution in [2.24, 2.45) is 11.1 Å². The van der Waals surface area contributed by atoms with E-state index in [1.807, 2.05) is 0 Å². The van der Waals surface area contributed by atoms with Gasteiger partial charge in [0.05, 0.1) is 16.7 Å². The second kappa shape index (κ2) is 5.49. The minimum Gasteiger partial charge on any atom is -0.478 e. The molecule has 0 radical (unpaired) electrons. The van der Waals surface area contributed by atoms with E-state index in [2.05, 4.69) is 21.2 Å². The van der Waals surface area contributed by atoms with Crippen LogP contribution in [0.5, 0.6) is 0 Å². The lowest BCUT2D eigenvalue weighted by atomic mass is 9.92. The molecule has 4 N–H and O–H groups in total. The molecule has 18 heavy (non-hydrogen) atoms. The zero-order valence-electron chi connectivity index (χ0n) is 10.2. The molecular weight excluding hydrogens is 300 g/mol. The SMILES string of the molecule is CC(C)(CN)C(=O)Nc1ccc(C(=O)O)cc1Br. The molecule has 0 saturated carbocycles. The van der Waals surface area contributed by atoms with Gasteiger partial charge in [-0.15, -0.1) is 0 Å². The largest absolute Gasteiger partial charge is 0.478 e. The van der Waals surface area contributed by atoms with Crippen LogP contribution < -0.4 is 11.1 Å². The van der Waals surface area contributed by atoms with Crippen molar-refractivity contribution >= 4 is 33.5 Å². The van der Waals surface area contributed by atoms with E-state index >= 15 is 0 Å². The van der Waals surface area contributed by atoms with Crippen LogP contribution in [0.1, 0.15) is 24.2 Å². The first-order valence-electron chi connectivity index (χ1n) is 5.32. The number of carboxylic acids is 1. The van der Waals surface area contributed by atoms with Crippen molar-refractivity contribution in [2.45, 2.75) is 13.8 Å². The Balaban J connectivity index is 2.93. The molecule has 6 heteroatoms. The first kappa shape index (κ1) is 14.7. The van der Waals surface area contributed by atoms with Gasteiger partial charge in [0.15, 0.2) is 0 Å². The van der Waals surface area contributed by atoms with Crippen LogP contribution in [0.15, 0.2) is 22.7 Å². The van der Waals surface area contributed by atoms with Crippen LogP contribution in [0, 0.1) is 5.41 Å². The number of nitrogens with two attached hydrogens (primary N) is 1. The predicted molar refractivity (Wildman–Crippen MR) is 72.6 cm³/mol. The molecule has 1 aromatic carbocycles. The average molecular weight is 315 g/mol. The summed E-state index contributed by atoms with van der Waals surface area (Å²) in [7, 11) is 0. The molecule has 1 aromatic rings. The third kappa shape index (κ3) is 3.30. The Morgan fingerprint density at radius 3 is 2.50 bits per heavy atom. The molecule has 0 bridgehead atoms. The van der Waals surface area contributed by atoms with Gasteiger partial charge in [-0.2, -0.15) is 0 Å². The van der Waals surface area contributed by atoms with Crippen LogP contribution >= 0.6 is 15.9 Å². The standard InChI is InChI=1S/C12H15BrN2O3/c1-12(2,6-14)11(18)15-9-4-3-7(10(16)17)5-8(9)13/h3-5H,6,14H2,1-2H3,(H,15,18)(H,16,17). The Kier molecular flexibility index (Phi) is 4.48. The Labute approximate surface area is 113 Å². The predicted octanol–water partition coefficient (Wildman–Crippen LogP) is 2.07. The van der Waals surface area contributed by atoms with E-state index in [9.17, 15) is 9.59 Å². The Morgan fingerprint density at radius 2 is 2.06 bits per heavy atom. The maximum atomic E-state index is 11.9. The summed E-state index contributed by atoms with van der Waals surface area (Å²) >= 11 is 3.22. The maximum Gasteiger partial charge on any atom is 0.335 e. The van der Waals surface area contributed by atoms with Crippen molar-refractivity contribution in [2.75, 3.05) is 11.9 Å². The van der Waals surface area contributed by atoms with E-state index in [0.717, 1.165) is 0 Å². The highest BCUT2D eigenvalue weighted by atomic mass is 79.9. The molecule has 0 fully saturated rings. The van der Waals surface area contributed by atoms with Crippen molar-refractivity contribution in [1.82, 2.24) is 0 Å². The van der Waals surface area contributed by atoms with Crippen LogP contribution in [0.2, 0.25) is 0 Å². The number of carbonyl (C=O) groups excluding carboxylic acids is 1.